The minimum Gasteiger partial charge on any atom is -0.314 e. The molecular formula is C10H19N. The Balaban J connectivity index is 1.62. The highest BCUT2D eigenvalue weighted by Crippen LogP contribution is 2.29. The van der Waals surface area contributed by atoms with Crippen LogP contribution in [0, 0.1) is 11.8 Å². The molecule has 0 radical (unpaired) electrons. The van der Waals surface area contributed by atoms with Crippen molar-refractivity contribution in [2.45, 2.75) is 45.1 Å². The van der Waals surface area contributed by atoms with Crippen molar-refractivity contribution >= 4 is 0 Å². The zero-order valence-electron chi connectivity index (χ0n) is 7.47. The van der Waals surface area contributed by atoms with Crippen LogP contribution in [0.5, 0.6) is 0 Å². The van der Waals surface area contributed by atoms with Crippen molar-refractivity contribution in [3.05, 3.63) is 0 Å². The molecule has 2 aliphatic carbocycles. The topological polar surface area (TPSA) is 12.0 Å². The maximum Gasteiger partial charge on any atom is 0.00698 e. The van der Waals surface area contributed by atoms with E-state index in [0.29, 0.717) is 0 Å². The summed E-state index contributed by atoms with van der Waals surface area (Å²) in [4.78, 5) is 0. The monoisotopic (exact) mass is 153 g/mol. The van der Waals surface area contributed by atoms with E-state index in [1.165, 1.54) is 38.6 Å². The first-order chi connectivity index (χ1) is 5.34. The summed E-state index contributed by atoms with van der Waals surface area (Å²) < 4.78 is 0. The largest absolute Gasteiger partial charge is 0.314 e. The second-order valence-electron chi connectivity index (χ2n) is 4.47. The first kappa shape index (κ1) is 7.60. The van der Waals surface area contributed by atoms with Gasteiger partial charge in [0.05, 0.1) is 0 Å². The van der Waals surface area contributed by atoms with Gasteiger partial charge >= 0.3 is 0 Å². The van der Waals surface area contributed by atoms with Gasteiger partial charge in [-0.3, -0.25) is 0 Å². The lowest BCUT2D eigenvalue weighted by molar-refractivity contribution is 0.490. The Morgan fingerprint density at radius 3 is 2.55 bits per heavy atom. The molecule has 2 saturated carbocycles. The molecule has 11 heavy (non-hydrogen) atoms. The van der Waals surface area contributed by atoms with Gasteiger partial charge in [-0.15, -0.1) is 0 Å². The molecule has 0 saturated heterocycles. The number of hydrogen-bond acceptors (Lipinski definition) is 1. The van der Waals surface area contributed by atoms with E-state index >= 15 is 0 Å². The number of nitrogens with one attached hydrogen (secondary N) is 1. The second-order valence-corrected chi connectivity index (χ2v) is 4.47. The summed E-state index contributed by atoms with van der Waals surface area (Å²) in [5.41, 5.74) is 0. The predicted octanol–water partition coefficient (Wildman–Crippen LogP) is 2.17. The Bertz CT molecular complexity index is 129. The molecule has 1 nitrogen and oxygen atoms in total. The van der Waals surface area contributed by atoms with Crippen LogP contribution in [0.3, 0.4) is 0 Å². The number of rotatable bonds is 3. The van der Waals surface area contributed by atoms with Gasteiger partial charge < -0.3 is 5.32 Å². The molecule has 0 heterocycles. The zero-order valence-corrected chi connectivity index (χ0v) is 7.47. The molecular weight excluding hydrogens is 134 g/mol. The summed E-state index contributed by atoms with van der Waals surface area (Å²) in [5, 5.41) is 3.67. The average Bonchev–Trinajstić information content (AvgIpc) is 2.72. The third-order valence-electron chi connectivity index (χ3n) is 3.09. The molecule has 0 aliphatic heterocycles. The predicted molar refractivity (Wildman–Crippen MR) is 47.5 cm³/mol. The van der Waals surface area contributed by atoms with Gasteiger partial charge in [-0.25, -0.2) is 0 Å². The maximum absolute atomic E-state index is 3.67. The molecule has 0 bridgehead atoms. The van der Waals surface area contributed by atoms with Gasteiger partial charge in [0.25, 0.3) is 0 Å². The van der Waals surface area contributed by atoms with Crippen LogP contribution in [-0.2, 0) is 0 Å². The molecule has 1 N–H and O–H groups in total. The van der Waals surface area contributed by atoms with Gasteiger partial charge in [0.2, 0.25) is 0 Å². The molecule has 0 aromatic carbocycles. The fourth-order valence-corrected chi connectivity index (χ4v) is 2.05. The van der Waals surface area contributed by atoms with E-state index in [0.717, 1.165) is 17.9 Å². The van der Waals surface area contributed by atoms with Gasteiger partial charge in [0.15, 0.2) is 0 Å². The molecule has 1 heteroatoms. The molecule has 64 valence electrons. The van der Waals surface area contributed by atoms with Crippen LogP contribution in [-0.4, -0.2) is 12.6 Å². The molecule has 2 aliphatic rings. The SMILES string of the molecule is C[C@@H]1CC[C@@H](NCC2CC2)C1. The Morgan fingerprint density at radius 2 is 2.00 bits per heavy atom. The molecule has 2 fully saturated rings. The first-order valence-electron chi connectivity index (χ1n) is 5.08. The van der Waals surface area contributed by atoms with Crippen molar-refractivity contribution in [1.82, 2.24) is 5.32 Å². The molecule has 0 aromatic heterocycles. The molecule has 2 atom stereocenters. The summed E-state index contributed by atoms with van der Waals surface area (Å²) >= 11 is 0. The van der Waals surface area contributed by atoms with Crippen molar-refractivity contribution in [1.29, 1.82) is 0 Å². The summed E-state index contributed by atoms with van der Waals surface area (Å²) in [7, 11) is 0. The highest BCUT2D eigenvalue weighted by molar-refractivity contribution is 4.82. The Hall–Kier alpha value is -0.0400. The normalized spacial score (nSPS) is 37.9. The van der Waals surface area contributed by atoms with Gasteiger partial charge in [0, 0.05) is 6.04 Å². The summed E-state index contributed by atoms with van der Waals surface area (Å²) in [6.07, 6.45) is 7.26. The first-order valence-corrected chi connectivity index (χ1v) is 5.08. The van der Waals surface area contributed by atoms with Crippen molar-refractivity contribution in [2.75, 3.05) is 6.54 Å². The lowest BCUT2D eigenvalue weighted by Gasteiger charge is -2.10. The summed E-state index contributed by atoms with van der Waals surface area (Å²) in [5.74, 6) is 2.03. The van der Waals surface area contributed by atoms with Crippen LogP contribution in [0.15, 0.2) is 0 Å². The number of hydrogen-bond donors (Lipinski definition) is 1. The Kier molecular flexibility index (Phi) is 2.17. The van der Waals surface area contributed by atoms with Crippen LogP contribution in [0.25, 0.3) is 0 Å². The molecule has 0 amide bonds. The van der Waals surface area contributed by atoms with Crippen LogP contribution >= 0.6 is 0 Å². The summed E-state index contributed by atoms with van der Waals surface area (Å²) in [6.45, 7) is 3.68. The van der Waals surface area contributed by atoms with Crippen LogP contribution in [0.1, 0.15) is 39.0 Å². The summed E-state index contributed by atoms with van der Waals surface area (Å²) in [6, 6.07) is 0.866. The standard InChI is InChI=1S/C10H19N/c1-8-2-5-10(6-8)11-7-9-3-4-9/h8-11H,2-7H2,1H3/t8-,10-/m1/s1. The lowest BCUT2D eigenvalue weighted by Crippen LogP contribution is -2.28. The highest BCUT2D eigenvalue weighted by atomic mass is 14.9. The molecule has 0 aromatic rings. The Labute approximate surface area is 69.6 Å². The maximum atomic E-state index is 3.67. The Morgan fingerprint density at radius 1 is 1.18 bits per heavy atom. The fourth-order valence-electron chi connectivity index (χ4n) is 2.05. The van der Waals surface area contributed by atoms with Gasteiger partial charge in [-0.05, 0) is 50.5 Å². The van der Waals surface area contributed by atoms with Gasteiger partial charge in [-0.1, -0.05) is 6.92 Å². The highest BCUT2D eigenvalue weighted by Gasteiger charge is 2.25. The molecule has 0 spiro atoms. The lowest BCUT2D eigenvalue weighted by atomic mass is 10.1. The minimum absolute atomic E-state index is 0.866. The zero-order chi connectivity index (χ0) is 7.68. The smallest absolute Gasteiger partial charge is 0.00698 e. The second kappa shape index (κ2) is 3.14. The van der Waals surface area contributed by atoms with E-state index in [1.807, 2.05) is 0 Å². The van der Waals surface area contributed by atoms with E-state index in [-0.39, 0.29) is 0 Å². The van der Waals surface area contributed by atoms with E-state index in [4.69, 9.17) is 0 Å². The quantitative estimate of drug-likeness (QED) is 0.655. The van der Waals surface area contributed by atoms with Crippen LogP contribution in [0.4, 0.5) is 0 Å². The van der Waals surface area contributed by atoms with Crippen molar-refractivity contribution < 1.29 is 0 Å². The van der Waals surface area contributed by atoms with Crippen LogP contribution < -0.4 is 5.32 Å². The van der Waals surface area contributed by atoms with E-state index in [2.05, 4.69) is 12.2 Å². The molecule has 2 rings (SSSR count). The third-order valence-corrected chi connectivity index (χ3v) is 3.09. The van der Waals surface area contributed by atoms with E-state index in [1.54, 1.807) is 0 Å². The van der Waals surface area contributed by atoms with Crippen molar-refractivity contribution in [2.24, 2.45) is 11.8 Å². The van der Waals surface area contributed by atoms with E-state index < -0.39 is 0 Å². The molecule has 0 unspecified atom stereocenters. The van der Waals surface area contributed by atoms with Gasteiger partial charge in [-0.2, -0.15) is 0 Å². The van der Waals surface area contributed by atoms with Crippen LogP contribution in [0.2, 0.25) is 0 Å². The minimum atomic E-state index is 0.866. The third kappa shape index (κ3) is 2.19. The van der Waals surface area contributed by atoms with E-state index in [9.17, 15) is 0 Å². The average molecular weight is 153 g/mol. The van der Waals surface area contributed by atoms with Gasteiger partial charge in [0.1, 0.15) is 0 Å². The van der Waals surface area contributed by atoms with Crippen molar-refractivity contribution in [3.8, 4) is 0 Å². The van der Waals surface area contributed by atoms with Crippen molar-refractivity contribution in [3.63, 3.8) is 0 Å². The fraction of sp³-hybridized carbons (Fsp3) is 1.00.